The Balaban J connectivity index is 1.71. The minimum absolute atomic E-state index is 0.0106. The molecule has 3 atom stereocenters. The van der Waals surface area contributed by atoms with E-state index in [1.165, 1.54) is 22.4 Å². The van der Waals surface area contributed by atoms with Crippen molar-refractivity contribution in [1.29, 1.82) is 0 Å². The van der Waals surface area contributed by atoms with Crippen LogP contribution in [-0.2, 0) is 4.43 Å². The lowest BCUT2D eigenvalue weighted by molar-refractivity contribution is 0.238. The molecule has 2 nitrogen and oxygen atoms in total. The fraction of sp³-hybridized carbons (Fsp3) is 0.400. The number of fused-ring (bicyclic) bond motifs is 1. The van der Waals surface area contributed by atoms with Gasteiger partial charge in [0.1, 0.15) is 0 Å². The van der Waals surface area contributed by atoms with E-state index in [-0.39, 0.29) is 11.1 Å². The predicted molar refractivity (Wildman–Crippen MR) is 121 cm³/mol. The topological polar surface area (TPSA) is 21.6 Å². The fourth-order valence-corrected chi connectivity index (χ4v) is 9.68. The molecule has 1 heterocycles. The van der Waals surface area contributed by atoms with Gasteiger partial charge in [-0.15, -0.1) is 0 Å². The molecule has 0 aromatic heterocycles. The Morgan fingerprint density at radius 2 is 1.57 bits per heavy atom. The summed E-state index contributed by atoms with van der Waals surface area (Å²) in [5.41, 5.74) is 1.35. The van der Waals surface area contributed by atoms with E-state index in [0.717, 1.165) is 6.42 Å². The zero-order valence-corrected chi connectivity index (χ0v) is 18.3. The Morgan fingerprint density at radius 1 is 1.00 bits per heavy atom. The largest absolute Gasteiger partial charge is 0.405 e. The summed E-state index contributed by atoms with van der Waals surface area (Å²) in [7, 11) is -2.47. The number of allylic oxidation sites excluding steroid dienone is 1. The van der Waals surface area contributed by atoms with Crippen LogP contribution in [0.1, 0.15) is 33.6 Å². The average molecular weight is 390 g/mol. The first-order chi connectivity index (χ1) is 13.4. The van der Waals surface area contributed by atoms with Gasteiger partial charge < -0.3 is 4.43 Å². The molecule has 4 rings (SSSR count). The normalized spacial score (nSPS) is 24.5. The average Bonchev–Trinajstić information content (AvgIpc) is 3.26. The van der Waals surface area contributed by atoms with E-state index >= 15 is 0 Å². The van der Waals surface area contributed by atoms with Crippen molar-refractivity contribution in [2.75, 3.05) is 6.61 Å². The minimum Gasteiger partial charge on any atom is -0.405 e. The van der Waals surface area contributed by atoms with E-state index in [9.17, 15) is 0 Å². The van der Waals surface area contributed by atoms with E-state index in [4.69, 9.17) is 9.42 Å². The SMILES string of the molecule is C=C1CC[C@H]2[C@@H]1C=N[C@@H]2CO[Si](c1ccccc1)(c1ccccc1)C(C)(C)C. The number of aliphatic imine (C=N–C) groups is 1. The summed E-state index contributed by atoms with van der Waals surface area (Å²) in [6.45, 7) is 11.9. The van der Waals surface area contributed by atoms with Gasteiger partial charge in [0.05, 0.1) is 12.6 Å². The van der Waals surface area contributed by atoms with Crippen molar-refractivity contribution >= 4 is 24.9 Å². The van der Waals surface area contributed by atoms with Gasteiger partial charge in [-0.3, -0.25) is 4.99 Å². The van der Waals surface area contributed by atoms with Gasteiger partial charge in [0.2, 0.25) is 0 Å². The molecule has 2 aromatic carbocycles. The molecule has 0 spiro atoms. The summed E-state index contributed by atoms with van der Waals surface area (Å²) < 4.78 is 7.09. The first kappa shape index (κ1) is 19.3. The number of rotatable bonds is 5. The molecule has 1 aliphatic heterocycles. The van der Waals surface area contributed by atoms with Crippen LogP contribution in [0, 0.1) is 11.8 Å². The third kappa shape index (κ3) is 3.21. The van der Waals surface area contributed by atoms with Crippen molar-refractivity contribution < 1.29 is 4.43 Å². The molecule has 0 N–H and O–H groups in total. The van der Waals surface area contributed by atoms with E-state index < -0.39 is 8.32 Å². The van der Waals surface area contributed by atoms with E-state index in [2.05, 4.69) is 94.2 Å². The van der Waals surface area contributed by atoms with Crippen molar-refractivity contribution in [2.24, 2.45) is 16.8 Å². The lowest BCUT2D eigenvalue weighted by Crippen LogP contribution is -2.67. The van der Waals surface area contributed by atoms with E-state index in [1.54, 1.807) is 0 Å². The monoisotopic (exact) mass is 389 g/mol. The molecule has 0 bridgehead atoms. The van der Waals surface area contributed by atoms with Crippen LogP contribution >= 0.6 is 0 Å². The lowest BCUT2D eigenvalue weighted by Gasteiger charge is -2.43. The van der Waals surface area contributed by atoms with Crippen molar-refractivity contribution in [2.45, 2.75) is 44.7 Å². The Bertz CT molecular complexity index is 814. The summed E-state index contributed by atoms with van der Waals surface area (Å²) >= 11 is 0. The summed E-state index contributed by atoms with van der Waals surface area (Å²) in [6.07, 6.45) is 4.47. The highest BCUT2D eigenvalue weighted by atomic mass is 28.4. The standard InChI is InChI=1S/C25H31NOSi/c1-19-15-16-22-23(19)17-26-24(22)18-27-28(25(2,3)4,20-11-7-5-8-12-20)21-13-9-6-10-14-21/h5-14,17,22-24H,1,15-16,18H2,2-4H3/t22-,23+,24+/m0/s1. The van der Waals surface area contributed by atoms with E-state index in [0.29, 0.717) is 18.4 Å². The van der Waals surface area contributed by atoms with Crippen LogP contribution < -0.4 is 10.4 Å². The predicted octanol–water partition coefficient (Wildman–Crippen LogP) is 4.60. The third-order valence-electron chi connectivity index (χ3n) is 6.55. The first-order valence-electron chi connectivity index (χ1n) is 10.4. The molecule has 1 saturated carbocycles. The third-order valence-corrected chi connectivity index (χ3v) is 11.6. The molecule has 0 unspecified atom stereocenters. The Morgan fingerprint density at radius 3 is 2.11 bits per heavy atom. The fourth-order valence-electron chi connectivity index (χ4n) is 5.10. The van der Waals surface area contributed by atoms with Crippen LogP contribution in [0.5, 0.6) is 0 Å². The van der Waals surface area contributed by atoms with Gasteiger partial charge in [0, 0.05) is 12.1 Å². The van der Waals surface area contributed by atoms with Gasteiger partial charge in [0.15, 0.2) is 0 Å². The minimum atomic E-state index is -2.47. The van der Waals surface area contributed by atoms with Crippen molar-refractivity contribution in [3.63, 3.8) is 0 Å². The molecule has 0 radical (unpaired) electrons. The molecular weight excluding hydrogens is 358 g/mol. The van der Waals surface area contributed by atoms with Crippen LogP contribution in [-0.4, -0.2) is 27.2 Å². The molecule has 146 valence electrons. The Hall–Kier alpha value is -1.97. The quantitative estimate of drug-likeness (QED) is 0.541. The van der Waals surface area contributed by atoms with Crippen LogP contribution in [0.2, 0.25) is 5.04 Å². The molecular formula is C25H31NOSi. The molecule has 28 heavy (non-hydrogen) atoms. The second kappa shape index (κ2) is 7.45. The number of hydrogen-bond donors (Lipinski definition) is 0. The molecule has 0 saturated heterocycles. The van der Waals surface area contributed by atoms with Crippen molar-refractivity contribution in [3.05, 3.63) is 72.8 Å². The number of benzene rings is 2. The summed E-state index contributed by atoms with van der Waals surface area (Å²) in [6, 6.07) is 22.0. The van der Waals surface area contributed by atoms with Gasteiger partial charge in [-0.05, 0) is 34.2 Å². The second-order valence-electron chi connectivity index (χ2n) is 9.23. The molecule has 2 aliphatic rings. The number of nitrogens with zero attached hydrogens (tertiary/aromatic N) is 1. The maximum Gasteiger partial charge on any atom is 0.261 e. The summed E-state index contributed by atoms with van der Waals surface area (Å²) in [5, 5.41) is 2.68. The van der Waals surface area contributed by atoms with Gasteiger partial charge >= 0.3 is 0 Å². The first-order valence-corrected chi connectivity index (χ1v) is 12.3. The van der Waals surface area contributed by atoms with Crippen LogP contribution in [0.25, 0.3) is 0 Å². The van der Waals surface area contributed by atoms with Gasteiger partial charge in [-0.1, -0.05) is 93.6 Å². The van der Waals surface area contributed by atoms with Gasteiger partial charge in [-0.25, -0.2) is 0 Å². The van der Waals surface area contributed by atoms with Gasteiger partial charge in [0.25, 0.3) is 8.32 Å². The molecule has 1 fully saturated rings. The molecule has 2 aromatic rings. The maximum atomic E-state index is 7.09. The zero-order valence-electron chi connectivity index (χ0n) is 17.3. The highest BCUT2D eigenvalue weighted by Crippen LogP contribution is 2.42. The highest BCUT2D eigenvalue weighted by Gasteiger charge is 2.51. The van der Waals surface area contributed by atoms with E-state index in [1.807, 2.05) is 0 Å². The highest BCUT2D eigenvalue weighted by molar-refractivity contribution is 6.99. The zero-order chi connectivity index (χ0) is 19.8. The maximum absolute atomic E-state index is 7.09. The van der Waals surface area contributed by atoms with Crippen LogP contribution in [0.15, 0.2) is 77.8 Å². The summed E-state index contributed by atoms with van der Waals surface area (Å²) in [5.74, 6) is 1.04. The number of hydrogen-bond acceptors (Lipinski definition) is 2. The second-order valence-corrected chi connectivity index (χ2v) is 13.5. The Kier molecular flexibility index (Phi) is 5.15. The van der Waals surface area contributed by atoms with Crippen LogP contribution in [0.3, 0.4) is 0 Å². The summed E-state index contributed by atoms with van der Waals surface area (Å²) in [4.78, 5) is 4.85. The molecule has 0 amide bonds. The van der Waals surface area contributed by atoms with Crippen molar-refractivity contribution in [1.82, 2.24) is 0 Å². The Labute approximate surface area is 170 Å². The van der Waals surface area contributed by atoms with Gasteiger partial charge in [-0.2, -0.15) is 0 Å². The molecule has 3 heteroatoms. The van der Waals surface area contributed by atoms with Crippen LogP contribution in [0.4, 0.5) is 0 Å². The van der Waals surface area contributed by atoms with Crippen molar-refractivity contribution in [3.8, 4) is 0 Å². The smallest absolute Gasteiger partial charge is 0.261 e. The molecule has 1 aliphatic carbocycles. The lowest BCUT2D eigenvalue weighted by atomic mass is 9.92.